The average Bonchev–Trinajstić information content (AvgIpc) is 3.04. The minimum atomic E-state index is -0.813. The van der Waals surface area contributed by atoms with Crippen molar-refractivity contribution in [1.82, 2.24) is 4.90 Å². The molecule has 2 aromatic rings. The molecule has 1 aliphatic rings. The van der Waals surface area contributed by atoms with Crippen LogP contribution in [0.25, 0.3) is 6.08 Å². The van der Waals surface area contributed by atoms with Crippen LogP contribution in [0.2, 0.25) is 0 Å². The van der Waals surface area contributed by atoms with Crippen molar-refractivity contribution in [2.45, 2.75) is 12.5 Å². The molecule has 3 rings (SSSR count). The zero-order valence-electron chi connectivity index (χ0n) is 17.4. The Kier molecular flexibility index (Phi) is 7.10. The molecule has 0 aliphatic carbocycles. The summed E-state index contributed by atoms with van der Waals surface area (Å²) in [4.78, 5) is 27.3. The fraction of sp³-hybridized carbons (Fsp3) is 0.250. The lowest BCUT2D eigenvalue weighted by Gasteiger charge is -2.27. The highest BCUT2D eigenvalue weighted by Gasteiger charge is 2.42. The van der Waals surface area contributed by atoms with E-state index in [9.17, 15) is 19.8 Å². The summed E-state index contributed by atoms with van der Waals surface area (Å²) < 4.78 is 10.3. The van der Waals surface area contributed by atoms with Crippen molar-refractivity contribution in [2.75, 3.05) is 27.4 Å². The lowest BCUT2D eigenvalue weighted by Crippen LogP contribution is -2.32. The van der Waals surface area contributed by atoms with Gasteiger partial charge in [-0.2, -0.15) is 0 Å². The molecular weight excluding hydrogens is 398 g/mol. The number of carbonyl (C=O) groups excluding carboxylic acids is 2. The molecule has 0 saturated heterocycles. The van der Waals surface area contributed by atoms with Crippen molar-refractivity contribution in [1.29, 1.82) is 0 Å². The van der Waals surface area contributed by atoms with Crippen LogP contribution < -0.4 is 4.74 Å². The first-order valence-corrected chi connectivity index (χ1v) is 9.85. The Hall–Kier alpha value is -3.58. The van der Waals surface area contributed by atoms with Gasteiger partial charge in [-0.05, 0) is 35.8 Å². The maximum atomic E-state index is 13.1. The number of carbonyl (C=O) groups is 2. The molecule has 0 saturated carbocycles. The summed E-state index contributed by atoms with van der Waals surface area (Å²) in [7, 11) is 2.98. The number of ketones is 1. The van der Waals surface area contributed by atoms with Crippen LogP contribution in [0.1, 0.15) is 23.6 Å². The Morgan fingerprint density at radius 1 is 1.13 bits per heavy atom. The molecule has 2 aromatic carbocycles. The van der Waals surface area contributed by atoms with Crippen LogP contribution in [0.4, 0.5) is 0 Å². The smallest absolute Gasteiger partial charge is 0.290 e. The largest absolute Gasteiger partial charge is 0.504 e. The third-order valence-corrected chi connectivity index (χ3v) is 5.06. The number of aliphatic hydroxyl groups is 1. The van der Waals surface area contributed by atoms with E-state index >= 15 is 0 Å². The molecule has 7 heteroatoms. The van der Waals surface area contributed by atoms with Gasteiger partial charge in [-0.1, -0.05) is 42.5 Å². The maximum Gasteiger partial charge on any atom is 0.290 e. The zero-order valence-corrected chi connectivity index (χ0v) is 17.4. The third kappa shape index (κ3) is 4.78. The molecule has 0 fully saturated rings. The molecule has 0 spiro atoms. The first-order chi connectivity index (χ1) is 15.0. The monoisotopic (exact) mass is 423 g/mol. The Morgan fingerprint density at radius 2 is 1.87 bits per heavy atom. The number of hydrogen-bond acceptors (Lipinski definition) is 6. The van der Waals surface area contributed by atoms with E-state index in [1.54, 1.807) is 25.3 Å². The number of allylic oxidation sites excluding steroid dienone is 1. The van der Waals surface area contributed by atoms with E-state index in [2.05, 4.69) is 0 Å². The molecule has 0 bridgehead atoms. The van der Waals surface area contributed by atoms with Crippen LogP contribution in [0.3, 0.4) is 0 Å². The number of nitrogens with zero attached hydrogens (tertiary/aromatic N) is 1. The fourth-order valence-electron chi connectivity index (χ4n) is 3.55. The second-order valence-corrected chi connectivity index (χ2v) is 7.05. The van der Waals surface area contributed by atoms with Gasteiger partial charge in [-0.25, -0.2) is 0 Å². The van der Waals surface area contributed by atoms with E-state index in [0.29, 0.717) is 18.6 Å². The highest BCUT2D eigenvalue weighted by molar-refractivity contribution is 6.14. The Morgan fingerprint density at radius 3 is 2.55 bits per heavy atom. The van der Waals surface area contributed by atoms with Gasteiger partial charge in [0.2, 0.25) is 0 Å². The van der Waals surface area contributed by atoms with Crippen molar-refractivity contribution < 1.29 is 29.3 Å². The van der Waals surface area contributed by atoms with Gasteiger partial charge in [-0.15, -0.1) is 0 Å². The molecule has 1 atom stereocenters. The number of aliphatic hydroxyl groups excluding tert-OH is 1. The number of aromatic hydroxyl groups is 1. The van der Waals surface area contributed by atoms with Crippen LogP contribution in [0.5, 0.6) is 11.5 Å². The summed E-state index contributed by atoms with van der Waals surface area (Å²) in [6, 6.07) is 13.0. The van der Waals surface area contributed by atoms with Crippen LogP contribution in [-0.4, -0.2) is 54.2 Å². The van der Waals surface area contributed by atoms with E-state index in [1.807, 2.05) is 30.3 Å². The van der Waals surface area contributed by atoms with E-state index < -0.39 is 23.5 Å². The third-order valence-electron chi connectivity index (χ3n) is 5.06. The highest BCUT2D eigenvalue weighted by atomic mass is 16.5. The number of ether oxygens (including phenoxy) is 2. The normalized spacial score (nSPS) is 16.4. The van der Waals surface area contributed by atoms with Crippen LogP contribution in [0, 0.1) is 0 Å². The lowest BCUT2D eigenvalue weighted by molar-refractivity contribution is -0.129. The van der Waals surface area contributed by atoms with Crippen molar-refractivity contribution >= 4 is 17.8 Å². The summed E-state index contributed by atoms with van der Waals surface area (Å²) in [6.45, 7) is 0.705. The minimum absolute atomic E-state index is 0.0117. The zero-order chi connectivity index (χ0) is 22.4. The van der Waals surface area contributed by atoms with Crippen molar-refractivity contribution in [3.8, 4) is 11.5 Å². The summed E-state index contributed by atoms with van der Waals surface area (Å²) in [5.74, 6) is -1.52. The van der Waals surface area contributed by atoms with Crippen LogP contribution >= 0.6 is 0 Å². The molecule has 0 radical (unpaired) electrons. The molecule has 1 heterocycles. The Bertz CT molecular complexity index is 1010. The van der Waals surface area contributed by atoms with Crippen molar-refractivity contribution in [3.05, 3.63) is 77.1 Å². The second kappa shape index (κ2) is 9.95. The van der Waals surface area contributed by atoms with Gasteiger partial charge in [0.05, 0.1) is 18.7 Å². The molecule has 31 heavy (non-hydrogen) atoms. The van der Waals surface area contributed by atoms with Crippen molar-refractivity contribution in [2.24, 2.45) is 0 Å². The van der Waals surface area contributed by atoms with E-state index in [0.717, 1.165) is 5.56 Å². The molecule has 1 aliphatic heterocycles. The van der Waals surface area contributed by atoms with E-state index in [1.165, 1.54) is 24.2 Å². The quantitative estimate of drug-likeness (QED) is 0.474. The number of benzene rings is 2. The second-order valence-electron chi connectivity index (χ2n) is 7.05. The molecule has 1 unspecified atom stereocenters. The first kappa shape index (κ1) is 22.1. The van der Waals surface area contributed by atoms with Gasteiger partial charge in [0, 0.05) is 20.3 Å². The molecule has 162 valence electrons. The van der Waals surface area contributed by atoms with E-state index in [-0.39, 0.29) is 23.6 Å². The molecular formula is C24H25NO6. The summed E-state index contributed by atoms with van der Waals surface area (Å²) in [5.41, 5.74) is 1.35. The van der Waals surface area contributed by atoms with Gasteiger partial charge in [0.15, 0.2) is 23.0 Å². The number of phenolic OH excluding ortho intramolecular Hbond substituents is 1. The van der Waals surface area contributed by atoms with Gasteiger partial charge in [0.25, 0.3) is 5.91 Å². The van der Waals surface area contributed by atoms with Crippen molar-refractivity contribution in [3.63, 3.8) is 0 Å². The first-order valence-electron chi connectivity index (χ1n) is 9.85. The predicted molar refractivity (Wildman–Crippen MR) is 116 cm³/mol. The summed E-state index contributed by atoms with van der Waals surface area (Å²) >= 11 is 0. The fourth-order valence-corrected chi connectivity index (χ4v) is 3.55. The number of hydrogen-bond donors (Lipinski definition) is 2. The van der Waals surface area contributed by atoms with Gasteiger partial charge in [0.1, 0.15) is 0 Å². The average molecular weight is 423 g/mol. The Labute approximate surface area is 180 Å². The number of rotatable bonds is 9. The lowest BCUT2D eigenvalue weighted by atomic mass is 9.95. The molecule has 1 amide bonds. The number of methoxy groups -OCH3 is 2. The Balaban J connectivity index is 2.00. The SMILES string of the molecule is COCCCN1C(=O)C(O)=C(C(=O)/C=C/c2ccccc2)C1c1ccc(O)c(OC)c1. The topological polar surface area (TPSA) is 96.3 Å². The summed E-state index contributed by atoms with van der Waals surface area (Å²) in [6.07, 6.45) is 3.51. The minimum Gasteiger partial charge on any atom is -0.504 e. The standard InChI is InChI=1S/C24H25NO6/c1-30-14-6-13-25-22(17-10-12-18(26)20(15-17)31-2)21(23(28)24(25)29)19(27)11-9-16-7-4-3-5-8-16/h3-5,7-12,15,22,26,28H,6,13-14H2,1-2H3/b11-9+. The molecule has 0 aromatic heterocycles. The number of phenols is 1. The maximum absolute atomic E-state index is 13.1. The molecule has 7 nitrogen and oxygen atoms in total. The van der Waals surface area contributed by atoms with Gasteiger partial charge < -0.3 is 24.6 Å². The number of amides is 1. The highest BCUT2D eigenvalue weighted by Crippen LogP contribution is 2.40. The van der Waals surface area contributed by atoms with Crippen LogP contribution in [-0.2, 0) is 14.3 Å². The van der Waals surface area contributed by atoms with Crippen LogP contribution in [0.15, 0.2) is 65.9 Å². The summed E-state index contributed by atoms with van der Waals surface area (Å²) in [5, 5.41) is 20.5. The predicted octanol–water partition coefficient (Wildman–Crippen LogP) is 3.42. The molecule has 2 N–H and O–H groups in total. The van der Waals surface area contributed by atoms with Gasteiger partial charge >= 0.3 is 0 Å². The van der Waals surface area contributed by atoms with Gasteiger partial charge in [-0.3, -0.25) is 9.59 Å². The van der Waals surface area contributed by atoms with E-state index in [4.69, 9.17) is 9.47 Å².